The number of aryl methyl sites for hydroxylation is 1. The fraction of sp³-hybridized carbons (Fsp3) is 0.214. The first-order valence-corrected chi connectivity index (χ1v) is 6.41. The molecular formula is C14H10ClF3N2O. The smallest absolute Gasteiger partial charge is 0.294 e. The number of hydrogen-bond donors (Lipinski definition) is 0. The standard InChI is InChI=1S/C14H10ClF3N2O/c15-13-10(2-4-12(20-13)14(16,17)18)11(21)3-1-9-5-7-19-8-6-9/h2,4-8H,1,3H2. The Labute approximate surface area is 123 Å². The minimum absolute atomic E-state index is 0.00118. The lowest BCUT2D eigenvalue weighted by atomic mass is 10.0. The summed E-state index contributed by atoms with van der Waals surface area (Å²) in [6.07, 6.45) is -0.781. The van der Waals surface area contributed by atoms with Crippen LogP contribution in [0.25, 0.3) is 0 Å². The number of carbonyl (C=O) groups excluding carboxylic acids is 1. The van der Waals surface area contributed by atoms with Crippen molar-refractivity contribution in [3.8, 4) is 0 Å². The normalized spacial score (nSPS) is 11.4. The first-order chi connectivity index (χ1) is 9.88. The second-order valence-electron chi connectivity index (χ2n) is 4.31. The maximum Gasteiger partial charge on any atom is 0.433 e. The summed E-state index contributed by atoms with van der Waals surface area (Å²) in [5.74, 6) is -0.349. The van der Waals surface area contributed by atoms with E-state index in [2.05, 4.69) is 9.97 Å². The highest BCUT2D eigenvalue weighted by molar-refractivity contribution is 6.32. The van der Waals surface area contributed by atoms with Gasteiger partial charge in [0, 0.05) is 18.8 Å². The van der Waals surface area contributed by atoms with Crippen LogP contribution < -0.4 is 0 Å². The van der Waals surface area contributed by atoms with E-state index in [1.165, 1.54) is 0 Å². The molecule has 0 aliphatic carbocycles. The summed E-state index contributed by atoms with van der Waals surface area (Å²) >= 11 is 5.67. The van der Waals surface area contributed by atoms with Crippen molar-refractivity contribution in [1.29, 1.82) is 0 Å². The molecule has 0 atom stereocenters. The third-order valence-corrected chi connectivity index (χ3v) is 3.12. The van der Waals surface area contributed by atoms with Gasteiger partial charge in [-0.3, -0.25) is 9.78 Å². The van der Waals surface area contributed by atoms with E-state index in [-0.39, 0.29) is 17.8 Å². The van der Waals surface area contributed by atoms with E-state index in [0.29, 0.717) is 6.42 Å². The molecule has 0 aliphatic rings. The van der Waals surface area contributed by atoms with E-state index in [1.807, 2.05) is 0 Å². The van der Waals surface area contributed by atoms with Crippen LogP contribution in [-0.4, -0.2) is 15.8 Å². The molecular weight excluding hydrogens is 305 g/mol. The van der Waals surface area contributed by atoms with E-state index in [9.17, 15) is 18.0 Å². The molecule has 2 heterocycles. The maximum atomic E-state index is 12.5. The zero-order valence-electron chi connectivity index (χ0n) is 10.7. The van der Waals surface area contributed by atoms with E-state index >= 15 is 0 Å². The number of Topliss-reactive ketones (excluding diaryl/α,β-unsaturated/α-hetero) is 1. The summed E-state index contributed by atoms with van der Waals surface area (Å²) in [5.41, 5.74) is -0.203. The number of rotatable bonds is 4. The predicted molar refractivity (Wildman–Crippen MR) is 71.1 cm³/mol. The zero-order valence-corrected chi connectivity index (χ0v) is 11.4. The average molecular weight is 315 g/mol. The Morgan fingerprint density at radius 3 is 2.38 bits per heavy atom. The molecule has 0 saturated heterocycles. The van der Waals surface area contributed by atoms with Crippen LogP contribution in [0.2, 0.25) is 5.15 Å². The minimum atomic E-state index is -4.58. The Morgan fingerprint density at radius 2 is 1.81 bits per heavy atom. The summed E-state index contributed by atoms with van der Waals surface area (Å²) in [5, 5.41) is -0.426. The van der Waals surface area contributed by atoms with Crippen LogP contribution >= 0.6 is 11.6 Å². The molecule has 0 saturated carbocycles. The lowest BCUT2D eigenvalue weighted by Gasteiger charge is -2.08. The van der Waals surface area contributed by atoms with Crippen molar-refractivity contribution < 1.29 is 18.0 Å². The van der Waals surface area contributed by atoms with Gasteiger partial charge in [0.05, 0.1) is 5.56 Å². The van der Waals surface area contributed by atoms with Crippen LogP contribution in [0.4, 0.5) is 13.2 Å². The van der Waals surface area contributed by atoms with E-state index in [1.54, 1.807) is 24.5 Å². The fourth-order valence-corrected chi connectivity index (χ4v) is 2.00. The van der Waals surface area contributed by atoms with E-state index < -0.39 is 17.0 Å². The van der Waals surface area contributed by atoms with Gasteiger partial charge in [-0.1, -0.05) is 11.6 Å². The van der Waals surface area contributed by atoms with Gasteiger partial charge in [0.15, 0.2) is 5.78 Å². The summed E-state index contributed by atoms with van der Waals surface area (Å²) in [4.78, 5) is 19.1. The monoisotopic (exact) mass is 314 g/mol. The Bertz CT molecular complexity index is 644. The number of pyridine rings is 2. The summed E-state index contributed by atoms with van der Waals surface area (Å²) < 4.78 is 37.4. The quantitative estimate of drug-likeness (QED) is 0.633. The summed E-state index contributed by atoms with van der Waals surface area (Å²) in [7, 11) is 0. The molecule has 21 heavy (non-hydrogen) atoms. The molecule has 7 heteroatoms. The molecule has 0 aliphatic heterocycles. The number of carbonyl (C=O) groups is 1. The fourth-order valence-electron chi connectivity index (χ4n) is 1.74. The van der Waals surface area contributed by atoms with Crippen LogP contribution in [0.3, 0.4) is 0 Å². The molecule has 0 fully saturated rings. The summed E-state index contributed by atoms with van der Waals surface area (Å²) in [6.45, 7) is 0. The highest BCUT2D eigenvalue weighted by Crippen LogP contribution is 2.29. The van der Waals surface area contributed by atoms with Crippen molar-refractivity contribution in [3.63, 3.8) is 0 Å². The second kappa shape index (κ2) is 6.22. The van der Waals surface area contributed by atoms with E-state index in [4.69, 9.17) is 11.6 Å². The topological polar surface area (TPSA) is 42.9 Å². The number of ketones is 1. The van der Waals surface area contributed by atoms with Crippen LogP contribution in [-0.2, 0) is 12.6 Å². The molecule has 110 valence electrons. The van der Waals surface area contributed by atoms with Crippen molar-refractivity contribution in [1.82, 2.24) is 9.97 Å². The molecule has 0 bridgehead atoms. The molecule has 2 aromatic heterocycles. The van der Waals surface area contributed by atoms with Gasteiger partial charge in [-0.2, -0.15) is 13.2 Å². The van der Waals surface area contributed by atoms with Crippen molar-refractivity contribution in [2.24, 2.45) is 0 Å². The van der Waals surface area contributed by atoms with Crippen LogP contribution in [0, 0.1) is 0 Å². The Hall–Kier alpha value is -1.95. The number of hydrogen-bond acceptors (Lipinski definition) is 3. The SMILES string of the molecule is O=C(CCc1ccncc1)c1ccc(C(F)(F)F)nc1Cl. The zero-order chi connectivity index (χ0) is 15.5. The minimum Gasteiger partial charge on any atom is -0.294 e. The lowest BCUT2D eigenvalue weighted by molar-refractivity contribution is -0.141. The Kier molecular flexibility index (Phi) is 4.57. The predicted octanol–water partition coefficient (Wildman–Crippen LogP) is 3.96. The third-order valence-electron chi connectivity index (χ3n) is 2.83. The molecule has 0 spiro atoms. The van der Waals surface area contributed by atoms with Gasteiger partial charge < -0.3 is 0 Å². The molecule has 0 N–H and O–H groups in total. The first-order valence-electron chi connectivity index (χ1n) is 6.04. The number of aromatic nitrogens is 2. The molecule has 0 unspecified atom stereocenters. The van der Waals surface area contributed by atoms with Crippen LogP contribution in [0.5, 0.6) is 0 Å². The number of alkyl halides is 3. The van der Waals surface area contributed by atoms with Crippen molar-refractivity contribution in [2.45, 2.75) is 19.0 Å². The van der Waals surface area contributed by atoms with E-state index in [0.717, 1.165) is 17.7 Å². The van der Waals surface area contributed by atoms with Gasteiger partial charge >= 0.3 is 6.18 Å². The van der Waals surface area contributed by atoms with Gasteiger partial charge in [0.25, 0.3) is 0 Å². The molecule has 0 radical (unpaired) electrons. The first kappa shape index (κ1) is 15.4. The molecule has 3 nitrogen and oxygen atoms in total. The molecule has 0 aromatic carbocycles. The van der Waals surface area contributed by atoms with Crippen molar-refractivity contribution >= 4 is 17.4 Å². The lowest BCUT2D eigenvalue weighted by Crippen LogP contribution is -2.10. The van der Waals surface area contributed by atoms with Crippen molar-refractivity contribution in [2.75, 3.05) is 0 Å². The highest BCUT2D eigenvalue weighted by atomic mass is 35.5. The van der Waals surface area contributed by atoms with Crippen LogP contribution in [0.15, 0.2) is 36.7 Å². The largest absolute Gasteiger partial charge is 0.433 e. The van der Waals surface area contributed by atoms with Crippen LogP contribution in [0.1, 0.15) is 28.0 Å². The number of halogens is 4. The van der Waals surface area contributed by atoms with Gasteiger partial charge in [-0.05, 0) is 36.2 Å². The average Bonchev–Trinajstić information content (AvgIpc) is 2.45. The Balaban J connectivity index is 2.09. The highest BCUT2D eigenvalue weighted by Gasteiger charge is 2.33. The van der Waals surface area contributed by atoms with Gasteiger partial charge in [0.2, 0.25) is 0 Å². The van der Waals surface area contributed by atoms with Crippen molar-refractivity contribution in [3.05, 3.63) is 58.6 Å². The van der Waals surface area contributed by atoms with Gasteiger partial charge in [0.1, 0.15) is 10.8 Å². The van der Waals surface area contributed by atoms with Gasteiger partial charge in [-0.15, -0.1) is 0 Å². The number of nitrogens with zero attached hydrogens (tertiary/aromatic N) is 2. The Morgan fingerprint density at radius 1 is 1.14 bits per heavy atom. The second-order valence-corrected chi connectivity index (χ2v) is 4.67. The summed E-state index contributed by atoms with van der Waals surface area (Å²) in [6, 6.07) is 5.35. The molecule has 2 rings (SSSR count). The third kappa shape index (κ3) is 4.01. The molecule has 2 aromatic rings. The van der Waals surface area contributed by atoms with Gasteiger partial charge in [-0.25, -0.2) is 4.98 Å². The maximum absolute atomic E-state index is 12.5. The molecule has 0 amide bonds.